The molecule has 0 spiro atoms. The first-order chi connectivity index (χ1) is 12.8. The van der Waals surface area contributed by atoms with Gasteiger partial charge in [-0.15, -0.1) is 0 Å². The molecule has 140 valence electrons. The average Bonchev–Trinajstić information content (AvgIpc) is 2.59. The lowest BCUT2D eigenvalue weighted by Gasteiger charge is -2.13. The van der Waals surface area contributed by atoms with Gasteiger partial charge in [-0.05, 0) is 42.7 Å². The second-order valence-corrected chi connectivity index (χ2v) is 7.50. The van der Waals surface area contributed by atoms with E-state index in [0.29, 0.717) is 16.6 Å². The van der Waals surface area contributed by atoms with E-state index in [0.717, 1.165) is 14.5 Å². The zero-order valence-corrected chi connectivity index (χ0v) is 16.7. The summed E-state index contributed by atoms with van der Waals surface area (Å²) < 4.78 is 15.8. The topological polar surface area (TPSA) is 76.9 Å². The predicted octanol–water partition coefficient (Wildman–Crippen LogP) is 3.76. The molecule has 2 heterocycles. The molecule has 27 heavy (non-hydrogen) atoms. The van der Waals surface area contributed by atoms with Crippen molar-refractivity contribution in [1.82, 2.24) is 14.8 Å². The maximum atomic E-state index is 13.9. The Balaban J connectivity index is 1.97. The number of rotatable bonds is 4. The Morgan fingerprint density at radius 2 is 2.04 bits per heavy atom. The van der Waals surface area contributed by atoms with E-state index in [9.17, 15) is 14.0 Å². The van der Waals surface area contributed by atoms with Crippen molar-refractivity contribution in [2.75, 3.05) is 5.32 Å². The van der Waals surface area contributed by atoms with Crippen LogP contribution in [0.1, 0.15) is 31.0 Å². The summed E-state index contributed by atoms with van der Waals surface area (Å²) in [5.41, 5.74) is 0.971. The largest absolute Gasteiger partial charge is 0.307 e. The minimum atomic E-state index is -0.630. The summed E-state index contributed by atoms with van der Waals surface area (Å²) in [4.78, 5) is 28.9. The van der Waals surface area contributed by atoms with Gasteiger partial charge in [0.15, 0.2) is 11.6 Å². The molecule has 0 saturated carbocycles. The molecule has 1 N–H and O–H groups in total. The molecule has 0 aliphatic carbocycles. The summed E-state index contributed by atoms with van der Waals surface area (Å²) in [6.07, 6.45) is 1.45. The lowest BCUT2D eigenvalue weighted by molar-refractivity contribution is -0.117. The molecular weight excluding hydrogens is 415 g/mol. The summed E-state index contributed by atoms with van der Waals surface area (Å²) in [6.45, 7) is 5.29. The minimum absolute atomic E-state index is 0.0490. The van der Waals surface area contributed by atoms with E-state index in [-0.39, 0.29) is 23.8 Å². The van der Waals surface area contributed by atoms with Crippen molar-refractivity contribution in [2.24, 2.45) is 0 Å². The minimum Gasteiger partial charge on any atom is -0.307 e. The second kappa shape index (κ2) is 7.56. The van der Waals surface area contributed by atoms with Crippen molar-refractivity contribution >= 4 is 38.4 Å². The van der Waals surface area contributed by atoms with Crippen molar-refractivity contribution in [2.45, 2.75) is 33.2 Å². The lowest BCUT2D eigenvalue weighted by atomic mass is 10.0. The van der Waals surface area contributed by atoms with Gasteiger partial charge in [-0.1, -0.05) is 29.8 Å². The number of carbonyl (C=O) groups excluding carboxylic acids is 1. The molecule has 3 aromatic rings. The molecule has 1 aromatic carbocycles. The number of nitrogens with one attached hydrogen (secondary N) is 1. The summed E-state index contributed by atoms with van der Waals surface area (Å²) in [7, 11) is 0. The fraction of sp³-hybridized carbons (Fsp3) is 0.263. The number of halogens is 2. The van der Waals surface area contributed by atoms with Gasteiger partial charge in [-0.25, -0.2) is 14.1 Å². The Morgan fingerprint density at radius 3 is 2.70 bits per heavy atom. The summed E-state index contributed by atoms with van der Waals surface area (Å²) >= 11 is 3.40. The quantitative estimate of drug-likeness (QED) is 0.680. The van der Waals surface area contributed by atoms with Gasteiger partial charge >= 0.3 is 0 Å². The molecule has 2 aromatic heterocycles. The third-order valence-electron chi connectivity index (χ3n) is 4.03. The van der Waals surface area contributed by atoms with Crippen LogP contribution in [0.2, 0.25) is 0 Å². The molecule has 0 aliphatic heterocycles. The highest BCUT2D eigenvalue weighted by molar-refractivity contribution is 9.10. The van der Waals surface area contributed by atoms with E-state index in [1.807, 2.05) is 19.9 Å². The molecule has 0 fully saturated rings. The molecule has 0 radical (unpaired) electrons. The normalized spacial score (nSPS) is 11.2. The smallest absolute Gasteiger partial charge is 0.275 e. The van der Waals surface area contributed by atoms with Gasteiger partial charge in [0.05, 0.1) is 11.1 Å². The standard InChI is InChI=1S/C19H18BrFN4O2/c1-10(2)17-14-7-12(20)4-5-13(14)19(27)25(24-17)9-16(26)23-18-15(21)6-11(3)8-22-18/h4-8,10H,9H2,1-3H3,(H,22,23,26). The van der Waals surface area contributed by atoms with Gasteiger partial charge < -0.3 is 5.32 Å². The zero-order valence-electron chi connectivity index (χ0n) is 15.1. The molecule has 8 heteroatoms. The summed E-state index contributed by atoms with van der Waals surface area (Å²) in [5, 5.41) is 7.97. The van der Waals surface area contributed by atoms with Gasteiger partial charge in [0, 0.05) is 16.1 Å². The zero-order chi connectivity index (χ0) is 19.7. The number of hydrogen-bond acceptors (Lipinski definition) is 4. The first-order valence-electron chi connectivity index (χ1n) is 8.38. The van der Waals surface area contributed by atoms with Crippen LogP contribution in [0.4, 0.5) is 10.2 Å². The fourth-order valence-electron chi connectivity index (χ4n) is 2.75. The number of fused-ring (bicyclic) bond motifs is 1. The summed E-state index contributed by atoms with van der Waals surface area (Å²) in [6, 6.07) is 6.58. The SMILES string of the molecule is Cc1cnc(NC(=O)Cn2nc(C(C)C)c3cc(Br)ccc3c2=O)c(F)c1. The molecule has 0 saturated heterocycles. The number of aromatic nitrogens is 3. The van der Waals surface area contributed by atoms with E-state index in [1.54, 1.807) is 19.1 Å². The molecule has 6 nitrogen and oxygen atoms in total. The predicted molar refractivity (Wildman–Crippen MR) is 105 cm³/mol. The highest BCUT2D eigenvalue weighted by Gasteiger charge is 2.16. The number of anilines is 1. The third kappa shape index (κ3) is 4.05. The van der Waals surface area contributed by atoms with Crippen molar-refractivity contribution in [3.05, 3.63) is 62.4 Å². The molecule has 3 rings (SSSR count). The second-order valence-electron chi connectivity index (χ2n) is 6.58. The van der Waals surface area contributed by atoms with Crippen LogP contribution in [-0.4, -0.2) is 20.7 Å². The van der Waals surface area contributed by atoms with Crippen LogP contribution in [0.5, 0.6) is 0 Å². The molecule has 0 bridgehead atoms. The van der Waals surface area contributed by atoms with Crippen molar-refractivity contribution in [3.63, 3.8) is 0 Å². The van der Waals surface area contributed by atoms with Crippen LogP contribution >= 0.6 is 15.9 Å². The van der Waals surface area contributed by atoms with Crippen molar-refractivity contribution in [1.29, 1.82) is 0 Å². The molecule has 0 aliphatic rings. The number of benzene rings is 1. The first kappa shape index (κ1) is 19.2. The van der Waals surface area contributed by atoms with Crippen molar-refractivity contribution in [3.8, 4) is 0 Å². The van der Waals surface area contributed by atoms with Crippen LogP contribution in [-0.2, 0) is 11.3 Å². The van der Waals surface area contributed by atoms with Crippen LogP contribution in [0, 0.1) is 12.7 Å². The number of aryl methyl sites for hydroxylation is 1. The van der Waals surface area contributed by atoms with Crippen LogP contribution in [0.25, 0.3) is 10.8 Å². The van der Waals surface area contributed by atoms with Gasteiger partial charge in [0.25, 0.3) is 5.56 Å². The van der Waals surface area contributed by atoms with E-state index in [2.05, 4.69) is 31.3 Å². The Hall–Kier alpha value is -2.61. The molecular formula is C19H18BrFN4O2. The van der Waals surface area contributed by atoms with E-state index >= 15 is 0 Å². The Bertz CT molecular complexity index is 1090. The van der Waals surface area contributed by atoms with Gasteiger partial charge in [0.2, 0.25) is 5.91 Å². The Morgan fingerprint density at radius 1 is 1.30 bits per heavy atom. The highest BCUT2D eigenvalue weighted by atomic mass is 79.9. The Labute approximate surface area is 163 Å². The average molecular weight is 433 g/mol. The maximum absolute atomic E-state index is 13.9. The molecule has 0 atom stereocenters. The molecule has 0 unspecified atom stereocenters. The third-order valence-corrected chi connectivity index (χ3v) is 4.52. The Kier molecular flexibility index (Phi) is 5.36. The number of pyridine rings is 1. The lowest BCUT2D eigenvalue weighted by Crippen LogP contribution is -2.31. The van der Waals surface area contributed by atoms with Gasteiger partial charge in [0.1, 0.15) is 6.54 Å². The van der Waals surface area contributed by atoms with Crippen LogP contribution in [0.15, 0.2) is 39.7 Å². The van der Waals surface area contributed by atoms with Crippen LogP contribution < -0.4 is 10.9 Å². The van der Waals surface area contributed by atoms with E-state index in [4.69, 9.17) is 0 Å². The maximum Gasteiger partial charge on any atom is 0.275 e. The molecule has 1 amide bonds. The van der Waals surface area contributed by atoms with Gasteiger partial charge in [-0.3, -0.25) is 9.59 Å². The number of hydrogen-bond donors (Lipinski definition) is 1. The van der Waals surface area contributed by atoms with E-state index in [1.165, 1.54) is 12.3 Å². The number of carbonyl (C=O) groups is 1. The highest BCUT2D eigenvalue weighted by Crippen LogP contribution is 2.24. The first-order valence-corrected chi connectivity index (χ1v) is 9.18. The van der Waals surface area contributed by atoms with E-state index < -0.39 is 11.7 Å². The number of amides is 1. The van der Waals surface area contributed by atoms with Gasteiger partial charge in [-0.2, -0.15) is 5.10 Å². The number of nitrogens with zero attached hydrogens (tertiary/aromatic N) is 3. The van der Waals surface area contributed by atoms with Crippen LogP contribution in [0.3, 0.4) is 0 Å². The fourth-order valence-corrected chi connectivity index (χ4v) is 3.11. The van der Waals surface area contributed by atoms with Crippen molar-refractivity contribution < 1.29 is 9.18 Å². The summed E-state index contributed by atoms with van der Waals surface area (Å²) in [5.74, 6) is -1.33. The monoisotopic (exact) mass is 432 g/mol.